The van der Waals surface area contributed by atoms with Crippen LogP contribution < -0.4 is 16.4 Å². The van der Waals surface area contributed by atoms with Crippen molar-refractivity contribution in [2.24, 2.45) is 0 Å². The molecule has 2 amide bonds. The number of nitrogens with two attached hydrogens (primary N) is 1. The van der Waals surface area contributed by atoms with Crippen LogP contribution in [-0.4, -0.2) is 18.3 Å². The fraction of sp³-hybridized carbons (Fsp3) is 0.136. The van der Waals surface area contributed by atoms with Gasteiger partial charge in [-0.2, -0.15) is 0 Å². The average molecular weight is 515 g/mol. The van der Waals surface area contributed by atoms with Crippen LogP contribution >= 0.6 is 58.2 Å². The highest BCUT2D eigenvalue weighted by Gasteiger charge is 2.20. The molecule has 0 aliphatic carbocycles. The summed E-state index contributed by atoms with van der Waals surface area (Å²) in [5.41, 5.74) is 9.10. The van der Waals surface area contributed by atoms with E-state index < -0.39 is 0 Å². The van der Waals surface area contributed by atoms with Gasteiger partial charge in [0.15, 0.2) is 0 Å². The molecule has 3 aromatic carbocycles. The monoisotopic (exact) mass is 513 g/mol. The number of hydrogen-bond donors (Lipinski definition) is 3. The average Bonchev–Trinajstić information content (AvgIpc) is 2.74. The van der Waals surface area contributed by atoms with Gasteiger partial charge in [-0.1, -0.05) is 70.7 Å². The lowest BCUT2D eigenvalue weighted by molar-refractivity contribution is 0.252. The van der Waals surface area contributed by atoms with E-state index in [2.05, 4.69) is 10.6 Å². The largest absolute Gasteiger partial charge is 0.398 e. The Morgan fingerprint density at radius 3 is 2.45 bits per heavy atom. The molecule has 0 aromatic heterocycles. The Kier molecular flexibility index (Phi) is 8.64. The normalized spacial score (nSPS) is 11.7. The number of anilines is 2. The second-order valence-electron chi connectivity index (χ2n) is 6.53. The van der Waals surface area contributed by atoms with Crippen molar-refractivity contribution in [2.75, 3.05) is 23.3 Å². The Hall–Kier alpha value is -1.76. The summed E-state index contributed by atoms with van der Waals surface area (Å²) in [6.07, 6.45) is 0. The first kappa shape index (κ1) is 23.9. The van der Waals surface area contributed by atoms with Crippen LogP contribution in [0.3, 0.4) is 0 Å². The van der Waals surface area contributed by atoms with E-state index in [0.29, 0.717) is 43.8 Å². The minimum Gasteiger partial charge on any atom is -0.398 e. The summed E-state index contributed by atoms with van der Waals surface area (Å²) in [5.74, 6) is 0.610. The van der Waals surface area contributed by atoms with Gasteiger partial charge in [0.2, 0.25) is 0 Å². The zero-order valence-electron chi connectivity index (χ0n) is 16.2. The number of thioether (sulfide) groups is 1. The maximum Gasteiger partial charge on any atom is 0.319 e. The van der Waals surface area contributed by atoms with Gasteiger partial charge in [0.25, 0.3) is 0 Å². The van der Waals surface area contributed by atoms with Crippen molar-refractivity contribution in [1.29, 1.82) is 0 Å². The fourth-order valence-corrected chi connectivity index (χ4v) is 4.98. The lowest BCUT2D eigenvalue weighted by Gasteiger charge is -2.21. The summed E-state index contributed by atoms with van der Waals surface area (Å²) in [6, 6.07) is 17.6. The number of hydrogen-bond acceptors (Lipinski definition) is 3. The van der Waals surface area contributed by atoms with Crippen molar-refractivity contribution in [3.8, 4) is 0 Å². The van der Waals surface area contributed by atoms with Crippen LogP contribution in [0.15, 0.2) is 60.7 Å². The van der Waals surface area contributed by atoms with Crippen LogP contribution in [0.4, 0.5) is 16.2 Å². The molecule has 162 valence electrons. The Labute approximate surface area is 205 Å². The molecule has 0 saturated heterocycles. The van der Waals surface area contributed by atoms with Gasteiger partial charge in [-0.3, -0.25) is 0 Å². The molecule has 4 N–H and O–H groups in total. The van der Waals surface area contributed by atoms with Gasteiger partial charge in [-0.15, -0.1) is 11.8 Å². The molecule has 1 unspecified atom stereocenters. The summed E-state index contributed by atoms with van der Waals surface area (Å²) in [5, 5.41) is 7.27. The molecule has 0 heterocycles. The van der Waals surface area contributed by atoms with Gasteiger partial charge >= 0.3 is 6.03 Å². The van der Waals surface area contributed by atoms with Crippen molar-refractivity contribution >= 4 is 75.6 Å². The van der Waals surface area contributed by atoms with Gasteiger partial charge in [-0.25, -0.2) is 4.79 Å². The molecule has 3 rings (SSSR count). The van der Waals surface area contributed by atoms with Crippen LogP contribution in [0.1, 0.15) is 16.4 Å². The summed E-state index contributed by atoms with van der Waals surface area (Å²) >= 11 is 26.3. The SMILES string of the molecule is Nc1ccc(Cl)cc1C(SCCNC(=O)Nc1cccc(Cl)c1Cl)c1ccccc1Cl. The fourth-order valence-electron chi connectivity index (χ4n) is 2.92. The first-order chi connectivity index (χ1) is 14.9. The molecule has 3 aromatic rings. The molecule has 0 aliphatic rings. The minimum absolute atomic E-state index is 0.139. The topological polar surface area (TPSA) is 67.1 Å². The molecule has 31 heavy (non-hydrogen) atoms. The van der Waals surface area contributed by atoms with Gasteiger partial charge in [0, 0.05) is 28.0 Å². The van der Waals surface area contributed by atoms with Gasteiger partial charge < -0.3 is 16.4 Å². The quantitative estimate of drug-likeness (QED) is 0.225. The highest BCUT2D eigenvalue weighted by Crippen LogP contribution is 2.42. The third-order valence-corrected chi connectivity index (χ3v) is 7.07. The standard InChI is InChI=1S/C22H19Cl4N3OS/c23-13-8-9-18(27)15(12-13)21(14-4-1-2-5-16(14)24)31-11-10-28-22(30)29-19-7-3-6-17(25)20(19)26/h1-9,12,21H,10-11,27H2,(H2,28,29,30). The maximum absolute atomic E-state index is 12.2. The highest BCUT2D eigenvalue weighted by molar-refractivity contribution is 7.99. The molecule has 9 heteroatoms. The summed E-state index contributed by atoms with van der Waals surface area (Å²) in [6.45, 7) is 0.413. The van der Waals surface area contributed by atoms with E-state index in [9.17, 15) is 4.79 Å². The van der Waals surface area contributed by atoms with Gasteiger partial charge in [-0.05, 0) is 47.5 Å². The van der Waals surface area contributed by atoms with Gasteiger partial charge in [0.1, 0.15) is 0 Å². The first-order valence-corrected chi connectivity index (χ1v) is 11.8. The van der Waals surface area contributed by atoms with Crippen LogP contribution in [0.25, 0.3) is 0 Å². The van der Waals surface area contributed by atoms with Crippen LogP contribution in [0, 0.1) is 0 Å². The van der Waals surface area contributed by atoms with E-state index in [4.69, 9.17) is 52.1 Å². The van der Waals surface area contributed by atoms with Crippen molar-refractivity contribution < 1.29 is 4.79 Å². The Morgan fingerprint density at radius 2 is 1.68 bits per heavy atom. The molecule has 0 radical (unpaired) electrons. The lowest BCUT2D eigenvalue weighted by Crippen LogP contribution is -2.30. The number of urea groups is 1. The molecule has 0 fully saturated rings. The number of nitrogen functional groups attached to an aromatic ring is 1. The van der Waals surface area contributed by atoms with Crippen LogP contribution in [0.2, 0.25) is 20.1 Å². The van der Waals surface area contributed by atoms with Crippen molar-refractivity contribution in [2.45, 2.75) is 5.25 Å². The predicted molar refractivity (Wildman–Crippen MR) is 135 cm³/mol. The smallest absolute Gasteiger partial charge is 0.319 e. The first-order valence-electron chi connectivity index (χ1n) is 9.26. The molecule has 0 saturated carbocycles. The Balaban J connectivity index is 1.66. The second kappa shape index (κ2) is 11.2. The second-order valence-corrected chi connectivity index (χ2v) is 9.37. The molecule has 4 nitrogen and oxygen atoms in total. The van der Waals surface area contributed by atoms with Crippen molar-refractivity contribution in [3.63, 3.8) is 0 Å². The Morgan fingerprint density at radius 1 is 0.935 bits per heavy atom. The molecule has 1 atom stereocenters. The van der Waals surface area contributed by atoms with E-state index in [1.165, 1.54) is 0 Å². The molecule has 0 aliphatic heterocycles. The van der Waals surface area contributed by atoms with E-state index in [1.807, 2.05) is 30.3 Å². The highest BCUT2D eigenvalue weighted by atomic mass is 35.5. The third-order valence-electron chi connectivity index (χ3n) is 4.39. The summed E-state index contributed by atoms with van der Waals surface area (Å²) in [4.78, 5) is 12.2. The zero-order valence-corrected chi connectivity index (χ0v) is 20.0. The molecule has 0 spiro atoms. The van der Waals surface area contributed by atoms with Gasteiger partial charge in [0.05, 0.1) is 21.0 Å². The van der Waals surface area contributed by atoms with Crippen molar-refractivity contribution in [3.05, 3.63) is 91.9 Å². The third kappa shape index (κ3) is 6.37. The van der Waals surface area contributed by atoms with E-state index in [0.717, 1.165) is 11.1 Å². The zero-order chi connectivity index (χ0) is 22.4. The van der Waals surface area contributed by atoms with Crippen LogP contribution in [0.5, 0.6) is 0 Å². The number of carbonyl (C=O) groups excluding carboxylic acids is 1. The number of halogens is 4. The van der Waals surface area contributed by atoms with Crippen LogP contribution in [-0.2, 0) is 0 Å². The number of benzene rings is 3. The molecular weight excluding hydrogens is 496 g/mol. The number of nitrogens with one attached hydrogen (secondary N) is 2. The molecule has 0 bridgehead atoms. The summed E-state index contributed by atoms with van der Waals surface area (Å²) < 4.78 is 0. The lowest BCUT2D eigenvalue weighted by atomic mass is 10.0. The number of carbonyl (C=O) groups is 1. The summed E-state index contributed by atoms with van der Waals surface area (Å²) in [7, 11) is 0. The number of amides is 2. The van der Waals surface area contributed by atoms with E-state index >= 15 is 0 Å². The van der Waals surface area contributed by atoms with Crippen molar-refractivity contribution in [1.82, 2.24) is 5.32 Å². The maximum atomic E-state index is 12.2. The van der Waals surface area contributed by atoms with E-state index in [-0.39, 0.29) is 11.3 Å². The minimum atomic E-state index is -0.374. The predicted octanol–water partition coefficient (Wildman–Crippen LogP) is 7.53. The molecular formula is C22H19Cl4N3OS. The number of rotatable bonds is 7. The van der Waals surface area contributed by atoms with E-state index in [1.54, 1.807) is 42.1 Å². The Bertz CT molecular complexity index is 1080.